The second-order valence-electron chi connectivity index (χ2n) is 2.93. The number of benzene rings is 1. The van der Waals surface area contributed by atoms with Crippen LogP contribution in [0.3, 0.4) is 0 Å². The predicted molar refractivity (Wildman–Crippen MR) is 51.3 cm³/mol. The molecular formula is C10H15NO2. The van der Waals surface area contributed by atoms with Crippen LogP contribution in [0.5, 0.6) is 0 Å². The minimum atomic E-state index is -0.656. The van der Waals surface area contributed by atoms with Gasteiger partial charge in [-0.05, 0) is 12.6 Å². The van der Waals surface area contributed by atoms with E-state index < -0.39 is 6.10 Å². The number of aliphatic hydroxyl groups excluding tert-OH is 2. The summed E-state index contributed by atoms with van der Waals surface area (Å²) >= 11 is 0. The molecule has 72 valence electrons. The zero-order valence-electron chi connectivity index (χ0n) is 7.64. The Bertz CT molecular complexity index is 234. The van der Waals surface area contributed by atoms with Gasteiger partial charge in [0.2, 0.25) is 0 Å². The van der Waals surface area contributed by atoms with Crippen LogP contribution >= 0.6 is 0 Å². The van der Waals surface area contributed by atoms with E-state index in [-0.39, 0.29) is 12.6 Å². The molecule has 0 fully saturated rings. The molecule has 3 N–H and O–H groups in total. The van der Waals surface area contributed by atoms with Crippen molar-refractivity contribution in [1.29, 1.82) is 0 Å². The van der Waals surface area contributed by atoms with Crippen molar-refractivity contribution in [2.45, 2.75) is 12.1 Å². The summed E-state index contributed by atoms with van der Waals surface area (Å²) in [5.41, 5.74) is 0.816. The Morgan fingerprint density at radius 2 is 1.92 bits per heavy atom. The Morgan fingerprint density at radius 3 is 2.38 bits per heavy atom. The maximum Gasteiger partial charge on any atom is 0.0965 e. The molecule has 3 nitrogen and oxygen atoms in total. The Hall–Kier alpha value is -0.900. The molecular weight excluding hydrogens is 166 g/mol. The summed E-state index contributed by atoms with van der Waals surface area (Å²) in [6, 6.07) is 8.99. The summed E-state index contributed by atoms with van der Waals surface area (Å²) in [6.45, 7) is -0.0768. The summed E-state index contributed by atoms with van der Waals surface area (Å²) in [4.78, 5) is 0. The lowest BCUT2D eigenvalue weighted by Gasteiger charge is -2.20. The van der Waals surface area contributed by atoms with Crippen LogP contribution in [0.4, 0.5) is 0 Å². The standard InChI is InChI=1S/C10H15NO2/c1-11-9(7-12)10(13)8-5-3-2-4-6-8/h2-6,9-13H,7H2,1H3. The van der Waals surface area contributed by atoms with Gasteiger partial charge < -0.3 is 15.5 Å². The van der Waals surface area contributed by atoms with Crippen molar-refractivity contribution in [3.05, 3.63) is 35.9 Å². The number of rotatable bonds is 4. The topological polar surface area (TPSA) is 52.5 Å². The zero-order chi connectivity index (χ0) is 9.68. The molecule has 1 rings (SSSR count). The lowest BCUT2D eigenvalue weighted by atomic mass is 10.0. The van der Waals surface area contributed by atoms with Crippen LogP contribution in [-0.4, -0.2) is 29.9 Å². The zero-order valence-corrected chi connectivity index (χ0v) is 7.64. The first kappa shape index (κ1) is 10.2. The molecule has 0 radical (unpaired) electrons. The van der Waals surface area contributed by atoms with Gasteiger partial charge in [0.1, 0.15) is 0 Å². The highest BCUT2D eigenvalue weighted by Crippen LogP contribution is 2.15. The maximum atomic E-state index is 9.76. The Labute approximate surface area is 78.0 Å². The average Bonchev–Trinajstić information content (AvgIpc) is 2.21. The fourth-order valence-electron chi connectivity index (χ4n) is 1.23. The van der Waals surface area contributed by atoms with Crippen molar-refractivity contribution in [3.8, 4) is 0 Å². The van der Waals surface area contributed by atoms with Gasteiger partial charge in [-0.1, -0.05) is 30.3 Å². The molecule has 0 aromatic heterocycles. The lowest BCUT2D eigenvalue weighted by Crippen LogP contribution is -2.35. The molecule has 2 unspecified atom stereocenters. The van der Waals surface area contributed by atoms with Crippen molar-refractivity contribution in [3.63, 3.8) is 0 Å². The van der Waals surface area contributed by atoms with E-state index >= 15 is 0 Å². The van der Waals surface area contributed by atoms with Gasteiger partial charge >= 0.3 is 0 Å². The molecule has 1 aromatic rings. The molecule has 0 spiro atoms. The van der Waals surface area contributed by atoms with Gasteiger partial charge in [0.25, 0.3) is 0 Å². The number of likely N-dealkylation sites (N-methyl/N-ethyl adjacent to an activating group) is 1. The molecule has 13 heavy (non-hydrogen) atoms. The fraction of sp³-hybridized carbons (Fsp3) is 0.400. The largest absolute Gasteiger partial charge is 0.395 e. The van der Waals surface area contributed by atoms with E-state index in [1.165, 1.54) is 0 Å². The second kappa shape index (κ2) is 4.97. The van der Waals surface area contributed by atoms with Gasteiger partial charge in [0.15, 0.2) is 0 Å². The van der Waals surface area contributed by atoms with Crippen LogP contribution in [0.15, 0.2) is 30.3 Å². The van der Waals surface area contributed by atoms with Gasteiger partial charge in [0, 0.05) is 0 Å². The molecule has 3 heteroatoms. The van der Waals surface area contributed by atoms with Crippen LogP contribution in [0, 0.1) is 0 Å². The molecule has 1 aromatic carbocycles. The van der Waals surface area contributed by atoms with E-state index in [1.54, 1.807) is 7.05 Å². The number of aliphatic hydroxyl groups is 2. The molecule has 0 aliphatic heterocycles. The summed E-state index contributed by atoms with van der Waals surface area (Å²) in [5.74, 6) is 0. The molecule has 0 aliphatic carbocycles. The first-order valence-electron chi connectivity index (χ1n) is 4.30. The molecule has 0 aliphatic rings. The highest BCUT2D eigenvalue weighted by atomic mass is 16.3. The van der Waals surface area contributed by atoms with Crippen molar-refractivity contribution >= 4 is 0 Å². The fourth-order valence-corrected chi connectivity index (χ4v) is 1.23. The van der Waals surface area contributed by atoms with Crippen LogP contribution in [0.1, 0.15) is 11.7 Å². The Morgan fingerprint density at radius 1 is 1.31 bits per heavy atom. The molecule has 0 heterocycles. The van der Waals surface area contributed by atoms with Crippen molar-refractivity contribution in [2.24, 2.45) is 0 Å². The van der Waals surface area contributed by atoms with Gasteiger partial charge in [-0.25, -0.2) is 0 Å². The Balaban J connectivity index is 2.72. The predicted octanol–water partition coefficient (Wildman–Crippen LogP) is 0.300. The molecule has 0 saturated carbocycles. The summed E-state index contributed by atoms with van der Waals surface area (Å²) in [6.07, 6.45) is -0.656. The minimum Gasteiger partial charge on any atom is -0.395 e. The first-order chi connectivity index (χ1) is 6.29. The second-order valence-corrected chi connectivity index (χ2v) is 2.93. The van der Waals surface area contributed by atoms with Gasteiger partial charge in [-0.15, -0.1) is 0 Å². The van der Waals surface area contributed by atoms with Crippen molar-refractivity contribution in [2.75, 3.05) is 13.7 Å². The average molecular weight is 181 g/mol. The van der Waals surface area contributed by atoms with E-state index in [9.17, 15) is 5.11 Å². The van der Waals surface area contributed by atoms with Crippen LogP contribution in [0.2, 0.25) is 0 Å². The van der Waals surface area contributed by atoms with E-state index in [2.05, 4.69) is 5.32 Å². The maximum absolute atomic E-state index is 9.76. The molecule has 0 amide bonds. The highest BCUT2D eigenvalue weighted by Gasteiger charge is 2.17. The van der Waals surface area contributed by atoms with Gasteiger partial charge in [-0.3, -0.25) is 0 Å². The third-order valence-corrected chi connectivity index (χ3v) is 2.09. The summed E-state index contributed by atoms with van der Waals surface area (Å²) in [7, 11) is 1.72. The van der Waals surface area contributed by atoms with E-state index in [0.29, 0.717) is 0 Å². The van der Waals surface area contributed by atoms with Gasteiger partial charge in [0.05, 0.1) is 18.8 Å². The van der Waals surface area contributed by atoms with Crippen LogP contribution in [-0.2, 0) is 0 Å². The van der Waals surface area contributed by atoms with Crippen LogP contribution in [0.25, 0.3) is 0 Å². The third-order valence-electron chi connectivity index (χ3n) is 2.09. The number of nitrogens with one attached hydrogen (secondary N) is 1. The van der Waals surface area contributed by atoms with E-state index in [4.69, 9.17) is 5.11 Å². The van der Waals surface area contributed by atoms with E-state index in [0.717, 1.165) is 5.56 Å². The van der Waals surface area contributed by atoms with Crippen molar-refractivity contribution in [1.82, 2.24) is 5.32 Å². The summed E-state index contributed by atoms with van der Waals surface area (Å²) in [5, 5.41) is 21.5. The SMILES string of the molecule is CNC(CO)C(O)c1ccccc1. The molecule has 0 bridgehead atoms. The van der Waals surface area contributed by atoms with Gasteiger partial charge in [-0.2, -0.15) is 0 Å². The molecule has 2 atom stereocenters. The summed E-state index contributed by atoms with van der Waals surface area (Å²) < 4.78 is 0. The Kier molecular flexibility index (Phi) is 3.89. The molecule has 0 saturated heterocycles. The number of hydrogen-bond acceptors (Lipinski definition) is 3. The number of hydrogen-bond donors (Lipinski definition) is 3. The smallest absolute Gasteiger partial charge is 0.0965 e. The first-order valence-corrected chi connectivity index (χ1v) is 4.30. The quantitative estimate of drug-likeness (QED) is 0.626. The third kappa shape index (κ3) is 2.52. The monoisotopic (exact) mass is 181 g/mol. The highest BCUT2D eigenvalue weighted by molar-refractivity contribution is 5.18. The van der Waals surface area contributed by atoms with Crippen LogP contribution < -0.4 is 5.32 Å². The van der Waals surface area contributed by atoms with E-state index in [1.807, 2.05) is 30.3 Å². The normalized spacial score (nSPS) is 15.3. The van der Waals surface area contributed by atoms with Crippen molar-refractivity contribution < 1.29 is 10.2 Å². The minimum absolute atomic E-state index is 0.0768. The lowest BCUT2D eigenvalue weighted by molar-refractivity contribution is 0.0942.